The Hall–Kier alpha value is -2.99. The van der Waals surface area contributed by atoms with E-state index >= 15 is 0 Å². The Balaban J connectivity index is 0.000000339. The van der Waals surface area contributed by atoms with Gasteiger partial charge in [0.2, 0.25) is 5.88 Å². The summed E-state index contributed by atoms with van der Waals surface area (Å²) in [5, 5.41) is 20.1. The van der Waals surface area contributed by atoms with Crippen molar-refractivity contribution < 1.29 is 27.8 Å². The number of pyridine rings is 1. The van der Waals surface area contributed by atoms with Gasteiger partial charge in [-0.1, -0.05) is 11.3 Å². The molecule has 0 aromatic carbocycles. The third-order valence-corrected chi connectivity index (χ3v) is 5.09. The lowest BCUT2D eigenvalue weighted by Gasteiger charge is -2.19. The topological polar surface area (TPSA) is 93.4 Å². The molecule has 1 N–H and O–H groups in total. The number of carboxylic acid groups (broad SMARTS) is 1. The zero-order chi connectivity index (χ0) is 22.3. The number of alkyl halides is 3. The van der Waals surface area contributed by atoms with E-state index in [0.29, 0.717) is 12.5 Å². The van der Waals surface area contributed by atoms with Crippen LogP contribution >= 0.6 is 11.3 Å². The molecule has 12 heteroatoms. The molecule has 0 aliphatic carbocycles. The molecule has 0 spiro atoms. The number of rotatable bonds is 5. The molecule has 31 heavy (non-hydrogen) atoms. The van der Waals surface area contributed by atoms with Gasteiger partial charge in [-0.15, -0.1) is 5.10 Å². The second-order valence-electron chi connectivity index (χ2n) is 6.66. The van der Waals surface area contributed by atoms with Crippen LogP contribution in [0, 0.1) is 0 Å². The quantitative estimate of drug-likeness (QED) is 0.631. The highest BCUT2D eigenvalue weighted by molar-refractivity contribution is 7.07. The van der Waals surface area contributed by atoms with Crippen LogP contribution in [-0.2, 0) is 31.0 Å². The van der Waals surface area contributed by atoms with Crippen LogP contribution in [0.3, 0.4) is 0 Å². The van der Waals surface area contributed by atoms with Crippen LogP contribution in [-0.4, -0.2) is 48.7 Å². The Labute approximate surface area is 179 Å². The van der Waals surface area contributed by atoms with Crippen LogP contribution in [0.5, 0.6) is 5.88 Å². The number of carboxylic acids is 1. The number of ether oxygens (including phenoxy) is 1. The van der Waals surface area contributed by atoms with Crippen LogP contribution in [0.2, 0.25) is 0 Å². The highest BCUT2D eigenvalue weighted by Crippen LogP contribution is 2.19. The first-order valence-corrected chi connectivity index (χ1v) is 10.3. The minimum Gasteiger partial charge on any atom is -0.475 e. The van der Waals surface area contributed by atoms with Crippen molar-refractivity contribution in [3.8, 4) is 5.88 Å². The summed E-state index contributed by atoms with van der Waals surface area (Å²) in [6.45, 7) is 4.20. The molecule has 3 aromatic rings. The maximum atomic E-state index is 10.6. The summed E-state index contributed by atoms with van der Waals surface area (Å²) < 4.78 is 39.5. The number of carbonyl (C=O) groups is 1. The highest BCUT2D eigenvalue weighted by Gasteiger charge is 2.38. The van der Waals surface area contributed by atoms with Gasteiger partial charge in [0.1, 0.15) is 12.3 Å². The molecule has 0 atom stereocenters. The van der Waals surface area contributed by atoms with Crippen LogP contribution in [0.15, 0.2) is 41.2 Å². The van der Waals surface area contributed by atoms with E-state index in [9.17, 15) is 13.2 Å². The second kappa shape index (κ2) is 10.4. The first kappa shape index (κ1) is 22.7. The maximum Gasteiger partial charge on any atom is 0.490 e. The predicted molar refractivity (Wildman–Crippen MR) is 105 cm³/mol. The zero-order valence-electron chi connectivity index (χ0n) is 16.3. The third-order valence-electron chi connectivity index (χ3n) is 4.36. The van der Waals surface area contributed by atoms with Gasteiger partial charge < -0.3 is 9.84 Å². The fourth-order valence-corrected chi connectivity index (χ4v) is 3.58. The predicted octanol–water partition coefficient (Wildman–Crippen LogP) is 3.35. The molecule has 166 valence electrons. The Bertz CT molecular complexity index is 964. The summed E-state index contributed by atoms with van der Waals surface area (Å²) in [5.41, 5.74) is 3.42. The van der Waals surface area contributed by atoms with Gasteiger partial charge in [0.05, 0.1) is 5.69 Å². The molecule has 0 fully saturated rings. The monoisotopic (exact) mass is 455 g/mol. The average Bonchev–Trinajstić information content (AvgIpc) is 3.33. The van der Waals surface area contributed by atoms with Crippen LogP contribution in [0.25, 0.3) is 0 Å². The van der Waals surface area contributed by atoms with E-state index in [-0.39, 0.29) is 0 Å². The van der Waals surface area contributed by atoms with E-state index in [1.807, 2.05) is 22.9 Å². The van der Waals surface area contributed by atoms with E-state index in [1.54, 1.807) is 17.5 Å². The lowest BCUT2D eigenvalue weighted by molar-refractivity contribution is -0.192. The van der Waals surface area contributed by atoms with Gasteiger partial charge in [-0.25, -0.2) is 14.5 Å². The zero-order valence-corrected chi connectivity index (χ0v) is 17.1. The maximum absolute atomic E-state index is 10.6. The minimum atomic E-state index is -5.08. The molecule has 4 heterocycles. The van der Waals surface area contributed by atoms with Crippen molar-refractivity contribution in [3.63, 3.8) is 0 Å². The number of hydrogen-bond acceptors (Lipinski definition) is 7. The highest BCUT2D eigenvalue weighted by atomic mass is 32.1. The van der Waals surface area contributed by atoms with E-state index < -0.39 is 12.1 Å². The smallest absolute Gasteiger partial charge is 0.475 e. The number of aryl methyl sites for hydroxylation is 1. The Morgan fingerprint density at radius 1 is 1.26 bits per heavy atom. The molecule has 0 bridgehead atoms. The second-order valence-corrected chi connectivity index (χ2v) is 7.44. The number of aliphatic carboxylic acids is 1. The molecule has 0 amide bonds. The third kappa shape index (κ3) is 6.76. The molecular formula is C19H20F3N5O3S. The Morgan fingerprint density at radius 3 is 2.71 bits per heavy atom. The molecule has 0 saturated carbocycles. The van der Waals surface area contributed by atoms with Crippen molar-refractivity contribution in [3.05, 3.63) is 58.2 Å². The van der Waals surface area contributed by atoms with Gasteiger partial charge in [0.25, 0.3) is 0 Å². The normalized spacial score (nSPS) is 14.2. The van der Waals surface area contributed by atoms with Crippen molar-refractivity contribution in [2.75, 3.05) is 6.54 Å². The lowest BCUT2D eigenvalue weighted by atomic mass is 10.2. The van der Waals surface area contributed by atoms with Crippen molar-refractivity contribution >= 4 is 17.3 Å². The van der Waals surface area contributed by atoms with E-state index in [4.69, 9.17) is 14.6 Å². The van der Waals surface area contributed by atoms with Gasteiger partial charge in [-0.2, -0.15) is 24.5 Å². The molecule has 1 aliphatic rings. The lowest BCUT2D eigenvalue weighted by Crippen LogP contribution is -2.23. The van der Waals surface area contributed by atoms with Crippen molar-refractivity contribution in [1.29, 1.82) is 0 Å². The molecular weight excluding hydrogens is 435 g/mol. The molecule has 0 unspecified atom stereocenters. The SMILES string of the molecule is O=C(O)C(F)(F)F.c1ccc(OCc2nnn3c2CN(Cc2ccsc2)CCC3)nc1. The number of thiophene rings is 1. The minimum absolute atomic E-state index is 0.401. The van der Waals surface area contributed by atoms with Gasteiger partial charge in [-0.05, 0) is 34.9 Å². The summed E-state index contributed by atoms with van der Waals surface area (Å²) in [4.78, 5) is 15.5. The first-order chi connectivity index (χ1) is 14.8. The van der Waals surface area contributed by atoms with Gasteiger partial charge in [0.15, 0.2) is 0 Å². The van der Waals surface area contributed by atoms with Crippen molar-refractivity contribution in [2.45, 2.75) is 38.8 Å². The summed E-state index contributed by atoms with van der Waals surface area (Å²) in [7, 11) is 0. The van der Waals surface area contributed by atoms with Gasteiger partial charge in [0, 0.05) is 38.4 Å². The number of fused-ring (bicyclic) bond motifs is 1. The van der Waals surface area contributed by atoms with E-state index in [1.165, 1.54) is 5.56 Å². The number of nitrogens with zero attached hydrogens (tertiary/aromatic N) is 5. The fraction of sp³-hybridized carbons (Fsp3) is 0.368. The molecule has 0 radical (unpaired) electrons. The van der Waals surface area contributed by atoms with Gasteiger partial charge >= 0.3 is 12.1 Å². The van der Waals surface area contributed by atoms with Crippen LogP contribution in [0.4, 0.5) is 13.2 Å². The molecule has 3 aromatic heterocycles. The summed E-state index contributed by atoms with van der Waals surface area (Å²) in [6.07, 6.45) is -2.27. The number of hydrogen-bond donors (Lipinski definition) is 1. The largest absolute Gasteiger partial charge is 0.490 e. The van der Waals surface area contributed by atoms with E-state index in [2.05, 4.69) is 37.0 Å². The molecule has 0 saturated heterocycles. The van der Waals surface area contributed by atoms with Crippen LogP contribution < -0.4 is 4.74 Å². The standard InChI is InChI=1S/C17H19N5OS.C2HF3O2/c1-2-6-18-17(4-1)23-12-15-16-11-21(10-14-5-9-24-13-14)7-3-8-22(16)20-19-15;3-2(4,5)1(6)7/h1-2,4-6,9,13H,3,7-8,10-12H2;(H,6,7). The molecule has 4 rings (SSSR count). The van der Waals surface area contributed by atoms with Crippen LogP contribution in [0.1, 0.15) is 23.4 Å². The van der Waals surface area contributed by atoms with E-state index in [0.717, 1.165) is 44.0 Å². The Kier molecular flexibility index (Phi) is 7.58. The summed E-state index contributed by atoms with van der Waals surface area (Å²) in [5.74, 6) is -2.14. The molecule has 1 aliphatic heterocycles. The Morgan fingerprint density at radius 2 is 2.06 bits per heavy atom. The number of aromatic nitrogens is 4. The summed E-state index contributed by atoms with van der Waals surface area (Å²) in [6, 6.07) is 7.83. The first-order valence-electron chi connectivity index (χ1n) is 9.31. The fourth-order valence-electron chi connectivity index (χ4n) is 2.92. The number of halogens is 3. The van der Waals surface area contributed by atoms with Gasteiger partial charge in [-0.3, -0.25) is 4.90 Å². The molecule has 8 nitrogen and oxygen atoms in total. The van der Waals surface area contributed by atoms with Crippen molar-refractivity contribution in [2.24, 2.45) is 0 Å². The summed E-state index contributed by atoms with van der Waals surface area (Å²) >= 11 is 1.75. The van der Waals surface area contributed by atoms with Crippen molar-refractivity contribution in [1.82, 2.24) is 24.9 Å². The average molecular weight is 455 g/mol.